The van der Waals surface area contributed by atoms with Crippen LogP contribution in [-0.4, -0.2) is 39.7 Å². The van der Waals surface area contributed by atoms with E-state index in [1.54, 1.807) is 0 Å². The van der Waals surface area contributed by atoms with E-state index >= 15 is 0 Å². The SMILES string of the molecule is Cn1ccc2cc(C(=O)N3CCCCC3CO)ccc21. The largest absolute Gasteiger partial charge is 0.394 e. The number of aliphatic hydroxyl groups excluding tert-OH is 1. The molecular weight excluding hydrogens is 252 g/mol. The first-order valence-electron chi connectivity index (χ1n) is 7.17. The molecule has 1 aliphatic rings. The summed E-state index contributed by atoms with van der Waals surface area (Å²) in [4.78, 5) is 14.5. The van der Waals surface area contributed by atoms with E-state index in [0.29, 0.717) is 5.56 Å². The maximum atomic E-state index is 12.6. The molecule has 1 aliphatic heterocycles. The van der Waals surface area contributed by atoms with Crippen molar-refractivity contribution in [1.82, 2.24) is 9.47 Å². The van der Waals surface area contributed by atoms with E-state index in [2.05, 4.69) is 0 Å². The number of hydrogen-bond acceptors (Lipinski definition) is 2. The lowest BCUT2D eigenvalue weighted by Crippen LogP contribution is -2.45. The third-order valence-electron chi connectivity index (χ3n) is 4.23. The zero-order valence-electron chi connectivity index (χ0n) is 11.7. The van der Waals surface area contributed by atoms with Crippen molar-refractivity contribution >= 4 is 16.8 Å². The smallest absolute Gasteiger partial charge is 0.254 e. The highest BCUT2D eigenvalue weighted by molar-refractivity contribution is 5.98. The van der Waals surface area contributed by atoms with Gasteiger partial charge in [0.25, 0.3) is 5.91 Å². The molecule has 1 aromatic heterocycles. The van der Waals surface area contributed by atoms with Crippen molar-refractivity contribution < 1.29 is 9.90 Å². The minimum Gasteiger partial charge on any atom is -0.394 e. The number of amides is 1. The molecule has 0 spiro atoms. The van der Waals surface area contributed by atoms with E-state index in [4.69, 9.17) is 0 Å². The number of hydrogen-bond donors (Lipinski definition) is 1. The molecule has 0 saturated carbocycles. The molecule has 1 amide bonds. The van der Waals surface area contributed by atoms with E-state index in [1.165, 1.54) is 0 Å². The molecule has 106 valence electrons. The van der Waals surface area contributed by atoms with Crippen molar-refractivity contribution in [3.8, 4) is 0 Å². The van der Waals surface area contributed by atoms with Crippen LogP contribution < -0.4 is 0 Å². The lowest BCUT2D eigenvalue weighted by molar-refractivity contribution is 0.0503. The van der Waals surface area contributed by atoms with Crippen LogP contribution in [0.5, 0.6) is 0 Å². The lowest BCUT2D eigenvalue weighted by atomic mass is 10.0. The Balaban J connectivity index is 1.91. The number of carbonyl (C=O) groups excluding carboxylic acids is 1. The summed E-state index contributed by atoms with van der Waals surface area (Å²) in [6.07, 6.45) is 5.01. The van der Waals surface area contributed by atoms with Crippen LogP contribution >= 0.6 is 0 Å². The highest BCUT2D eigenvalue weighted by Crippen LogP contribution is 2.22. The molecule has 1 fully saturated rings. The van der Waals surface area contributed by atoms with E-state index in [-0.39, 0.29) is 18.6 Å². The van der Waals surface area contributed by atoms with Crippen molar-refractivity contribution in [2.24, 2.45) is 7.05 Å². The molecule has 0 radical (unpaired) electrons. The Labute approximate surface area is 118 Å². The number of nitrogens with zero attached hydrogens (tertiary/aromatic N) is 2. The van der Waals surface area contributed by atoms with Crippen LogP contribution in [0, 0.1) is 0 Å². The second-order valence-corrected chi connectivity index (χ2v) is 5.53. The van der Waals surface area contributed by atoms with Gasteiger partial charge in [-0.2, -0.15) is 0 Å². The van der Waals surface area contributed by atoms with Crippen molar-refractivity contribution in [1.29, 1.82) is 0 Å². The fourth-order valence-corrected chi connectivity index (χ4v) is 3.04. The van der Waals surface area contributed by atoms with Crippen LogP contribution in [0.2, 0.25) is 0 Å². The van der Waals surface area contributed by atoms with Gasteiger partial charge in [-0.05, 0) is 43.5 Å². The average Bonchev–Trinajstić information content (AvgIpc) is 2.87. The van der Waals surface area contributed by atoms with Gasteiger partial charge in [-0.3, -0.25) is 4.79 Å². The van der Waals surface area contributed by atoms with Crippen LogP contribution in [0.15, 0.2) is 30.5 Å². The molecule has 1 unspecified atom stereocenters. The summed E-state index contributed by atoms with van der Waals surface area (Å²) in [7, 11) is 2.00. The van der Waals surface area contributed by atoms with Crippen molar-refractivity contribution in [2.75, 3.05) is 13.2 Å². The summed E-state index contributed by atoms with van der Waals surface area (Å²) in [6, 6.07) is 7.81. The van der Waals surface area contributed by atoms with Gasteiger partial charge in [-0.1, -0.05) is 0 Å². The summed E-state index contributed by atoms with van der Waals surface area (Å²) in [5.74, 6) is 0.0366. The molecular formula is C16H20N2O2. The number of piperidine rings is 1. The summed E-state index contributed by atoms with van der Waals surface area (Å²) in [5, 5.41) is 10.5. The van der Waals surface area contributed by atoms with Crippen molar-refractivity contribution in [2.45, 2.75) is 25.3 Å². The van der Waals surface area contributed by atoms with Gasteiger partial charge < -0.3 is 14.6 Å². The number of likely N-dealkylation sites (tertiary alicyclic amines) is 1. The van der Waals surface area contributed by atoms with E-state index in [1.807, 2.05) is 47.0 Å². The number of aromatic nitrogens is 1. The fourth-order valence-electron chi connectivity index (χ4n) is 3.04. The standard InChI is InChI=1S/C16H20N2O2/c1-17-9-7-12-10-13(5-6-15(12)17)16(20)18-8-3-2-4-14(18)11-19/h5-7,9-10,14,19H,2-4,8,11H2,1H3. The van der Waals surface area contributed by atoms with Gasteiger partial charge >= 0.3 is 0 Å². The highest BCUT2D eigenvalue weighted by atomic mass is 16.3. The Kier molecular flexibility index (Phi) is 3.49. The quantitative estimate of drug-likeness (QED) is 0.910. The van der Waals surface area contributed by atoms with E-state index in [0.717, 1.165) is 36.7 Å². The van der Waals surface area contributed by atoms with Gasteiger partial charge in [0.15, 0.2) is 0 Å². The maximum Gasteiger partial charge on any atom is 0.254 e. The highest BCUT2D eigenvalue weighted by Gasteiger charge is 2.26. The molecule has 3 rings (SSSR count). The van der Waals surface area contributed by atoms with Crippen molar-refractivity contribution in [3.05, 3.63) is 36.0 Å². The molecule has 1 atom stereocenters. The number of carbonyl (C=O) groups is 1. The first-order valence-corrected chi connectivity index (χ1v) is 7.17. The first kappa shape index (κ1) is 13.2. The molecule has 2 aromatic rings. The van der Waals surface area contributed by atoms with E-state index < -0.39 is 0 Å². The average molecular weight is 272 g/mol. The molecule has 4 heteroatoms. The molecule has 1 N–H and O–H groups in total. The Bertz CT molecular complexity index is 632. The number of fused-ring (bicyclic) bond motifs is 1. The van der Waals surface area contributed by atoms with Gasteiger partial charge in [-0.25, -0.2) is 0 Å². The molecule has 2 heterocycles. The van der Waals surface area contributed by atoms with Crippen LogP contribution in [0.4, 0.5) is 0 Å². The Hall–Kier alpha value is -1.81. The number of aliphatic hydroxyl groups is 1. The van der Waals surface area contributed by atoms with Crippen LogP contribution in [-0.2, 0) is 7.05 Å². The summed E-state index contributed by atoms with van der Waals surface area (Å²) >= 11 is 0. The Morgan fingerprint density at radius 2 is 2.20 bits per heavy atom. The molecule has 20 heavy (non-hydrogen) atoms. The summed E-state index contributed by atoms with van der Waals surface area (Å²) in [6.45, 7) is 0.802. The van der Waals surface area contributed by atoms with Crippen LogP contribution in [0.25, 0.3) is 10.9 Å². The zero-order chi connectivity index (χ0) is 14.1. The predicted octanol–water partition coefficient (Wildman–Crippen LogP) is 2.17. The minimum atomic E-state index is -0.0253. The number of rotatable bonds is 2. The Morgan fingerprint density at radius 3 is 3.00 bits per heavy atom. The minimum absolute atomic E-state index is 0.0253. The fraction of sp³-hybridized carbons (Fsp3) is 0.438. The normalized spacial score (nSPS) is 19.5. The monoisotopic (exact) mass is 272 g/mol. The molecule has 4 nitrogen and oxygen atoms in total. The third-order valence-corrected chi connectivity index (χ3v) is 4.23. The molecule has 0 aliphatic carbocycles. The lowest BCUT2D eigenvalue weighted by Gasteiger charge is -2.34. The van der Waals surface area contributed by atoms with Gasteiger partial charge in [0.1, 0.15) is 0 Å². The molecule has 1 aromatic carbocycles. The van der Waals surface area contributed by atoms with Crippen LogP contribution in [0.3, 0.4) is 0 Å². The summed E-state index contributed by atoms with van der Waals surface area (Å²) in [5.41, 5.74) is 1.84. The van der Waals surface area contributed by atoms with E-state index in [9.17, 15) is 9.90 Å². The number of aryl methyl sites for hydroxylation is 1. The Morgan fingerprint density at radius 1 is 1.35 bits per heavy atom. The van der Waals surface area contributed by atoms with Crippen molar-refractivity contribution in [3.63, 3.8) is 0 Å². The predicted molar refractivity (Wildman–Crippen MR) is 78.7 cm³/mol. The third kappa shape index (κ3) is 2.20. The number of benzene rings is 1. The maximum absolute atomic E-state index is 12.6. The van der Waals surface area contributed by atoms with Gasteiger partial charge in [-0.15, -0.1) is 0 Å². The molecule has 1 saturated heterocycles. The second-order valence-electron chi connectivity index (χ2n) is 5.53. The summed E-state index contributed by atoms with van der Waals surface area (Å²) < 4.78 is 2.04. The topological polar surface area (TPSA) is 45.5 Å². The van der Waals surface area contributed by atoms with Gasteiger partial charge in [0.2, 0.25) is 0 Å². The van der Waals surface area contributed by atoms with Crippen LogP contribution in [0.1, 0.15) is 29.6 Å². The van der Waals surface area contributed by atoms with Gasteiger partial charge in [0.05, 0.1) is 12.6 Å². The molecule has 0 bridgehead atoms. The zero-order valence-corrected chi connectivity index (χ0v) is 11.7. The van der Waals surface area contributed by atoms with Gasteiger partial charge in [0, 0.05) is 36.3 Å². The second kappa shape index (κ2) is 5.29. The first-order chi connectivity index (χ1) is 9.70.